The summed E-state index contributed by atoms with van der Waals surface area (Å²) in [4.78, 5) is 32.2. The number of ether oxygens (including phenoxy) is 3. The number of fused-ring (bicyclic) bond motifs is 2. The van der Waals surface area contributed by atoms with E-state index < -0.39 is 5.60 Å². The Hall–Kier alpha value is -3.61. The molecule has 0 radical (unpaired) electrons. The zero-order valence-corrected chi connectivity index (χ0v) is 18.1. The van der Waals surface area contributed by atoms with Crippen molar-refractivity contribution in [1.29, 1.82) is 0 Å². The molecule has 1 spiro atoms. The van der Waals surface area contributed by atoms with Gasteiger partial charge in [0.25, 0.3) is 5.91 Å². The van der Waals surface area contributed by atoms with Crippen molar-refractivity contribution >= 4 is 22.8 Å². The van der Waals surface area contributed by atoms with Crippen molar-refractivity contribution in [2.75, 3.05) is 27.3 Å². The molecule has 3 heterocycles. The highest BCUT2D eigenvalue weighted by Gasteiger charge is 2.43. The highest BCUT2D eigenvalue weighted by atomic mass is 16.6. The molecule has 0 aliphatic carbocycles. The van der Waals surface area contributed by atoms with Gasteiger partial charge in [-0.25, -0.2) is 9.78 Å². The van der Waals surface area contributed by atoms with E-state index in [4.69, 9.17) is 14.2 Å². The van der Waals surface area contributed by atoms with Crippen molar-refractivity contribution in [3.8, 4) is 11.5 Å². The van der Waals surface area contributed by atoms with Crippen LogP contribution < -0.4 is 9.47 Å². The maximum Gasteiger partial charge on any atom is 0.338 e. The van der Waals surface area contributed by atoms with Gasteiger partial charge in [0.2, 0.25) is 0 Å². The third kappa shape index (κ3) is 3.34. The summed E-state index contributed by atoms with van der Waals surface area (Å²) in [5.74, 6) is 0.706. The van der Waals surface area contributed by atoms with E-state index in [-0.39, 0.29) is 11.9 Å². The van der Waals surface area contributed by atoms with Crippen molar-refractivity contribution in [3.05, 3.63) is 65.4 Å². The molecule has 1 aromatic heterocycles. The molecule has 2 aliphatic rings. The molecule has 2 aliphatic heterocycles. The molecule has 3 aromatic rings. The smallest absolute Gasteiger partial charge is 0.338 e. The lowest BCUT2D eigenvalue weighted by Gasteiger charge is -2.43. The Labute approximate surface area is 185 Å². The highest BCUT2D eigenvalue weighted by Crippen LogP contribution is 2.37. The van der Waals surface area contributed by atoms with Gasteiger partial charge in [-0.1, -0.05) is 24.3 Å². The van der Waals surface area contributed by atoms with Crippen LogP contribution in [0.4, 0.5) is 0 Å². The molecular weight excluding hydrogens is 408 g/mol. The molecule has 32 heavy (non-hydrogen) atoms. The van der Waals surface area contributed by atoms with Crippen LogP contribution in [0.3, 0.4) is 0 Å². The normalized spacial score (nSPS) is 17.1. The third-order valence-electron chi connectivity index (χ3n) is 6.44. The Bertz CT molecular complexity index is 1210. The SMILES string of the molecule is COc1cc(C(=O)N2CCC3(CC2)Cc2ccccc2C(=O)O3)nc2c(OC)cccc12. The van der Waals surface area contributed by atoms with E-state index >= 15 is 0 Å². The lowest BCUT2D eigenvalue weighted by Crippen LogP contribution is -2.51. The van der Waals surface area contributed by atoms with Crippen molar-refractivity contribution in [2.24, 2.45) is 0 Å². The second kappa shape index (κ2) is 7.82. The third-order valence-corrected chi connectivity index (χ3v) is 6.44. The first-order valence-electron chi connectivity index (χ1n) is 10.7. The van der Waals surface area contributed by atoms with Gasteiger partial charge in [0, 0.05) is 43.8 Å². The van der Waals surface area contributed by atoms with Crippen LogP contribution in [0.25, 0.3) is 10.9 Å². The first-order chi connectivity index (χ1) is 15.5. The van der Waals surface area contributed by atoms with Crippen molar-refractivity contribution in [1.82, 2.24) is 9.88 Å². The van der Waals surface area contributed by atoms with Crippen LogP contribution in [0.1, 0.15) is 39.3 Å². The monoisotopic (exact) mass is 432 g/mol. The molecular formula is C25H24N2O5. The molecule has 7 heteroatoms. The fourth-order valence-electron chi connectivity index (χ4n) is 4.70. The van der Waals surface area contributed by atoms with Crippen molar-refractivity contribution < 1.29 is 23.8 Å². The predicted molar refractivity (Wildman–Crippen MR) is 118 cm³/mol. The molecule has 0 saturated carbocycles. The molecule has 164 valence electrons. The van der Waals surface area contributed by atoms with E-state index in [0.717, 1.165) is 10.9 Å². The number of hydrogen-bond acceptors (Lipinski definition) is 6. The van der Waals surface area contributed by atoms with Crippen LogP contribution >= 0.6 is 0 Å². The maximum absolute atomic E-state index is 13.3. The Morgan fingerprint density at radius 2 is 1.78 bits per heavy atom. The number of amides is 1. The van der Waals surface area contributed by atoms with Gasteiger partial charge in [0.15, 0.2) is 0 Å². The van der Waals surface area contributed by atoms with Crippen LogP contribution in [0.15, 0.2) is 48.5 Å². The van der Waals surface area contributed by atoms with Crippen LogP contribution in [-0.2, 0) is 11.2 Å². The van der Waals surface area contributed by atoms with E-state index in [1.54, 1.807) is 31.3 Å². The first kappa shape index (κ1) is 20.3. The van der Waals surface area contributed by atoms with Crippen LogP contribution in [0.2, 0.25) is 0 Å². The summed E-state index contributed by atoms with van der Waals surface area (Å²) in [6.07, 6.45) is 1.86. The standard InChI is InChI=1S/C25H24N2O5/c1-30-20-9-5-8-18-21(31-2)14-19(26-22(18)20)23(28)27-12-10-25(11-13-27)15-16-6-3-4-7-17(16)24(29)32-25/h3-9,14H,10-13,15H2,1-2H3. The average Bonchev–Trinajstić information content (AvgIpc) is 2.83. The number of piperidine rings is 1. The summed E-state index contributed by atoms with van der Waals surface area (Å²) < 4.78 is 16.8. The number of pyridine rings is 1. The van der Waals surface area contributed by atoms with E-state index in [0.29, 0.717) is 60.6 Å². The van der Waals surface area contributed by atoms with Gasteiger partial charge >= 0.3 is 5.97 Å². The number of esters is 1. The van der Waals surface area contributed by atoms with E-state index in [1.165, 1.54) is 0 Å². The van der Waals surface area contributed by atoms with Gasteiger partial charge in [-0.15, -0.1) is 0 Å². The fourth-order valence-corrected chi connectivity index (χ4v) is 4.70. The summed E-state index contributed by atoms with van der Waals surface area (Å²) in [7, 11) is 3.15. The van der Waals surface area contributed by atoms with E-state index in [1.807, 2.05) is 36.4 Å². The number of aromatic nitrogens is 1. The minimum Gasteiger partial charge on any atom is -0.496 e. The Morgan fingerprint density at radius 1 is 1.03 bits per heavy atom. The van der Waals surface area contributed by atoms with Gasteiger partial charge in [0.05, 0.1) is 19.8 Å². The molecule has 0 unspecified atom stereocenters. The molecule has 1 fully saturated rings. The first-order valence-corrected chi connectivity index (χ1v) is 10.7. The molecule has 0 N–H and O–H groups in total. The Morgan fingerprint density at radius 3 is 2.53 bits per heavy atom. The second-order valence-electron chi connectivity index (χ2n) is 8.26. The Balaban J connectivity index is 1.38. The summed E-state index contributed by atoms with van der Waals surface area (Å²) in [6, 6.07) is 14.8. The number of carbonyl (C=O) groups is 2. The maximum atomic E-state index is 13.3. The zero-order valence-electron chi connectivity index (χ0n) is 18.1. The minimum absolute atomic E-state index is 0.173. The number of rotatable bonds is 3. The topological polar surface area (TPSA) is 78.0 Å². The van der Waals surface area contributed by atoms with E-state index in [9.17, 15) is 9.59 Å². The molecule has 1 amide bonds. The predicted octanol–water partition coefficient (Wildman–Crippen LogP) is 3.64. The summed E-state index contributed by atoms with van der Waals surface area (Å²) in [6.45, 7) is 0.977. The number of carbonyl (C=O) groups excluding carboxylic acids is 2. The van der Waals surface area contributed by atoms with Gasteiger partial charge in [0.1, 0.15) is 28.3 Å². The highest BCUT2D eigenvalue weighted by molar-refractivity contribution is 5.98. The molecule has 2 aromatic carbocycles. The number of para-hydroxylation sites is 1. The number of likely N-dealkylation sites (tertiary alicyclic amines) is 1. The van der Waals surface area contributed by atoms with Crippen LogP contribution in [0, 0.1) is 0 Å². The molecule has 0 atom stereocenters. The molecule has 5 rings (SSSR count). The number of methoxy groups -OCH3 is 2. The van der Waals surface area contributed by atoms with Gasteiger partial charge in [-0.2, -0.15) is 0 Å². The largest absolute Gasteiger partial charge is 0.496 e. The fraction of sp³-hybridized carbons (Fsp3) is 0.320. The molecule has 1 saturated heterocycles. The number of benzene rings is 2. The number of nitrogens with zero attached hydrogens (tertiary/aromatic N) is 2. The quantitative estimate of drug-likeness (QED) is 0.588. The van der Waals surface area contributed by atoms with Gasteiger partial charge < -0.3 is 19.1 Å². The Kier molecular flexibility index (Phi) is 4.96. The summed E-state index contributed by atoms with van der Waals surface area (Å²) >= 11 is 0. The average molecular weight is 432 g/mol. The van der Waals surface area contributed by atoms with Crippen molar-refractivity contribution in [2.45, 2.75) is 24.9 Å². The molecule has 0 bridgehead atoms. The van der Waals surface area contributed by atoms with Crippen LogP contribution in [0.5, 0.6) is 11.5 Å². The summed E-state index contributed by atoms with van der Waals surface area (Å²) in [5.41, 5.74) is 1.99. The van der Waals surface area contributed by atoms with Gasteiger partial charge in [-0.05, 0) is 23.8 Å². The van der Waals surface area contributed by atoms with Crippen molar-refractivity contribution in [3.63, 3.8) is 0 Å². The lowest BCUT2D eigenvalue weighted by molar-refractivity contribution is -0.0527. The summed E-state index contributed by atoms with van der Waals surface area (Å²) in [5, 5.41) is 0.786. The molecule has 7 nitrogen and oxygen atoms in total. The zero-order chi connectivity index (χ0) is 22.3. The van der Waals surface area contributed by atoms with Gasteiger partial charge in [-0.3, -0.25) is 4.79 Å². The van der Waals surface area contributed by atoms with Crippen LogP contribution in [-0.4, -0.2) is 54.7 Å². The second-order valence-corrected chi connectivity index (χ2v) is 8.26. The lowest BCUT2D eigenvalue weighted by atomic mass is 9.81. The minimum atomic E-state index is -0.556. The number of hydrogen-bond donors (Lipinski definition) is 0. The van der Waals surface area contributed by atoms with E-state index in [2.05, 4.69) is 4.98 Å².